The van der Waals surface area contributed by atoms with Crippen LogP contribution in [-0.4, -0.2) is 37.5 Å². The molecule has 0 atom stereocenters. The zero-order valence-corrected chi connectivity index (χ0v) is 17.0. The smallest absolute Gasteiger partial charge is 0.344 e. The molecule has 0 fully saturated rings. The van der Waals surface area contributed by atoms with E-state index in [1.54, 1.807) is 26.3 Å². The average molecular weight is 475 g/mol. The highest BCUT2D eigenvalue weighted by Crippen LogP contribution is 2.33. The molecule has 7 nitrogen and oxygen atoms in total. The number of methoxy groups -OCH3 is 1. The van der Waals surface area contributed by atoms with Gasteiger partial charge in [-0.2, -0.15) is 5.10 Å². The summed E-state index contributed by atoms with van der Waals surface area (Å²) < 4.78 is 16.5. The molecule has 0 aliphatic carbocycles. The first kappa shape index (κ1) is 19.4. The molecule has 0 unspecified atom stereocenters. The molecule has 1 aromatic heterocycles. The zero-order chi connectivity index (χ0) is 18.2. The molecule has 2 aromatic rings. The van der Waals surface area contributed by atoms with Gasteiger partial charge in [0.2, 0.25) is 5.13 Å². The molecule has 0 saturated carbocycles. The van der Waals surface area contributed by atoms with Crippen LogP contribution in [0.15, 0.2) is 22.6 Å². The molecule has 0 aliphatic heterocycles. The second-order valence-electron chi connectivity index (χ2n) is 4.79. The van der Waals surface area contributed by atoms with Crippen molar-refractivity contribution < 1.29 is 19.0 Å². The minimum atomic E-state index is -0.422. The molecule has 9 heteroatoms. The number of thiazole rings is 1. The lowest BCUT2D eigenvalue weighted by Crippen LogP contribution is -2.15. The van der Waals surface area contributed by atoms with Gasteiger partial charge in [0.1, 0.15) is 0 Å². The van der Waals surface area contributed by atoms with Gasteiger partial charge in [0.15, 0.2) is 18.1 Å². The Morgan fingerprint density at radius 3 is 2.92 bits per heavy atom. The second-order valence-corrected chi connectivity index (χ2v) is 6.81. The molecule has 0 aliphatic rings. The van der Waals surface area contributed by atoms with E-state index in [0.717, 1.165) is 20.0 Å². The number of hydrogen-bond acceptors (Lipinski definition) is 8. The molecular weight excluding hydrogens is 457 g/mol. The minimum Gasteiger partial charge on any atom is -0.493 e. The maximum atomic E-state index is 11.4. The summed E-state index contributed by atoms with van der Waals surface area (Å²) in [5.41, 5.74) is 4.65. The number of ether oxygens (including phenoxy) is 3. The molecule has 0 saturated heterocycles. The SMILES string of the molecule is CCOC(=O)COc1c(I)cc(C=NNc2nc(C)cs2)cc1OC. The fraction of sp³-hybridized carbons (Fsp3) is 0.312. The van der Waals surface area contributed by atoms with Gasteiger partial charge in [0, 0.05) is 5.38 Å². The first-order valence-corrected chi connectivity index (χ1v) is 9.36. The lowest BCUT2D eigenvalue weighted by Gasteiger charge is -2.13. The summed E-state index contributed by atoms with van der Waals surface area (Å²) in [6.45, 7) is 3.82. The Morgan fingerprint density at radius 1 is 1.48 bits per heavy atom. The number of aromatic nitrogens is 1. The first-order valence-electron chi connectivity index (χ1n) is 7.40. The monoisotopic (exact) mass is 475 g/mol. The Balaban J connectivity index is 2.08. The van der Waals surface area contributed by atoms with Gasteiger partial charge >= 0.3 is 5.97 Å². The predicted octanol–water partition coefficient (Wildman–Crippen LogP) is 3.45. The Morgan fingerprint density at radius 2 is 2.28 bits per heavy atom. The van der Waals surface area contributed by atoms with Gasteiger partial charge in [-0.15, -0.1) is 11.3 Å². The summed E-state index contributed by atoms with van der Waals surface area (Å²) in [4.78, 5) is 15.7. The van der Waals surface area contributed by atoms with Crippen molar-refractivity contribution in [2.75, 3.05) is 25.7 Å². The van der Waals surface area contributed by atoms with E-state index in [1.807, 2.05) is 18.4 Å². The van der Waals surface area contributed by atoms with Crippen LogP contribution in [0.2, 0.25) is 0 Å². The van der Waals surface area contributed by atoms with Crippen molar-refractivity contribution in [3.63, 3.8) is 0 Å². The molecule has 25 heavy (non-hydrogen) atoms. The normalized spacial score (nSPS) is 10.7. The van der Waals surface area contributed by atoms with Crippen LogP contribution in [0.5, 0.6) is 11.5 Å². The summed E-state index contributed by atoms with van der Waals surface area (Å²) in [6.07, 6.45) is 1.66. The number of hydrazone groups is 1. The van der Waals surface area contributed by atoms with Gasteiger partial charge in [-0.3, -0.25) is 5.43 Å². The Bertz CT molecular complexity index is 764. The molecule has 1 N–H and O–H groups in total. The van der Waals surface area contributed by atoms with E-state index in [0.29, 0.717) is 18.1 Å². The average Bonchev–Trinajstić information content (AvgIpc) is 2.99. The van der Waals surface area contributed by atoms with E-state index in [1.165, 1.54) is 11.3 Å². The number of benzene rings is 1. The zero-order valence-electron chi connectivity index (χ0n) is 14.0. The van der Waals surface area contributed by atoms with E-state index in [-0.39, 0.29) is 6.61 Å². The number of halogens is 1. The summed E-state index contributed by atoms with van der Waals surface area (Å²) in [7, 11) is 1.54. The number of nitrogens with one attached hydrogen (secondary N) is 1. The Labute approximate surface area is 163 Å². The number of nitrogens with zero attached hydrogens (tertiary/aromatic N) is 2. The van der Waals surface area contributed by atoms with Crippen LogP contribution in [0.4, 0.5) is 5.13 Å². The van der Waals surface area contributed by atoms with Gasteiger partial charge in [-0.25, -0.2) is 9.78 Å². The van der Waals surface area contributed by atoms with Crippen molar-refractivity contribution in [2.45, 2.75) is 13.8 Å². The number of carbonyl (C=O) groups excluding carboxylic acids is 1. The molecule has 0 radical (unpaired) electrons. The number of rotatable bonds is 8. The predicted molar refractivity (Wildman–Crippen MR) is 106 cm³/mol. The lowest BCUT2D eigenvalue weighted by molar-refractivity contribution is -0.145. The molecule has 1 aromatic carbocycles. The highest BCUT2D eigenvalue weighted by atomic mass is 127. The third kappa shape index (κ3) is 5.85. The number of anilines is 1. The van der Waals surface area contributed by atoms with Gasteiger partial charge < -0.3 is 14.2 Å². The molecule has 0 bridgehead atoms. The molecular formula is C16H18IN3O4S. The standard InChI is InChI=1S/C16H18IN3O4S/c1-4-23-14(21)8-24-15-12(17)5-11(6-13(15)22-3)7-18-20-16-19-10(2)9-25-16/h5-7,9H,4,8H2,1-3H3,(H,19,20). The topological polar surface area (TPSA) is 82.0 Å². The van der Waals surface area contributed by atoms with Crippen LogP contribution in [0.1, 0.15) is 18.2 Å². The van der Waals surface area contributed by atoms with Crippen LogP contribution in [0.25, 0.3) is 0 Å². The van der Waals surface area contributed by atoms with Crippen molar-refractivity contribution in [2.24, 2.45) is 5.10 Å². The van der Waals surface area contributed by atoms with E-state index in [4.69, 9.17) is 14.2 Å². The number of hydrogen-bond donors (Lipinski definition) is 1. The summed E-state index contributed by atoms with van der Waals surface area (Å²) in [5.74, 6) is 0.591. The summed E-state index contributed by atoms with van der Waals surface area (Å²) in [5, 5.41) is 6.84. The maximum Gasteiger partial charge on any atom is 0.344 e. The van der Waals surface area contributed by atoms with Crippen molar-refractivity contribution in [1.29, 1.82) is 0 Å². The van der Waals surface area contributed by atoms with Gasteiger partial charge in [0.25, 0.3) is 0 Å². The number of esters is 1. The fourth-order valence-corrected chi connectivity index (χ4v) is 3.27. The second kappa shape index (κ2) is 9.56. The Kier molecular flexibility index (Phi) is 7.44. The maximum absolute atomic E-state index is 11.4. The third-order valence-electron chi connectivity index (χ3n) is 2.88. The highest BCUT2D eigenvalue weighted by molar-refractivity contribution is 14.1. The minimum absolute atomic E-state index is 0.168. The van der Waals surface area contributed by atoms with Crippen LogP contribution in [-0.2, 0) is 9.53 Å². The highest BCUT2D eigenvalue weighted by Gasteiger charge is 2.13. The molecule has 1 heterocycles. The number of carbonyl (C=O) groups is 1. The Hall–Kier alpha value is -1.88. The van der Waals surface area contributed by atoms with Crippen molar-refractivity contribution in [3.05, 3.63) is 32.3 Å². The molecule has 0 spiro atoms. The van der Waals surface area contributed by atoms with Crippen molar-refractivity contribution >= 4 is 51.2 Å². The van der Waals surface area contributed by atoms with E-state index in [9.17, 15) is 4.79 Å². The third-order valence-corrected chi connectivity index (χ3v) is 4.55. The quantitative estimate of drug-likeness (QED) is 0.273. The van der Waals surface area contributed by atoms with Crippen molar-refractivity contribution in [1.82, 2.24) is 4.98 Å². The van der Waals surface area contributed by atoms with Crippen LogP contribution in [0, 0.1) is 10.5 Å². The summed E-state index contributed by atoms with van der Waals surface area (Å²) in [6, 6.07) is 3.66. The number of aryl methyl sites for hydroxylation is 1. The fourth-order valence-electron chi connectivity index (χ4n) is 1.86. The lowest BCUT2D eigenvalue weighted by atomic mass is 10.2. The molecule has 2 rings (SSSR count). The van der Waals surface area contributed by atoms with E-state index < -0.39 is 5.97 Å². The molecule has 0 amide bonds. The largest absolute Gasteiger partial charge is 0.493 e. The van der Waals surface area contributed by atoms with E-state index in [2.05, 4.69) is 38.1 Å². The van der Waals surface area contributed by atoms with E-state index >= 15 is 0 Å². The summed E-state index contributed by atoms with van der Waals surface area (Å²) >= 11 is 3.61. The van der Waals surface area contributed by atoms with Crippen molar-refractivity contribution in [3.8, 4) is 11.5 Å². The van der Waals surface area contributed by atoms with Gasteiger partial charge in [-0.1, -0.05) is 0 Å². The van der Waals surface area contributed by atoms with Gasteiger partial charge in [0.05, 0.1) is 29.2 Å². The van der Waals surface area contributed by atoms with Crippen LogP contribution < -0.4 is 14.9 Å². The van der Waals surface area contributed by atoms with Crippen LogP contribution >= 0.6 is 33.9 Å². The molecule has 134 valence electrons. The van der Waals surface area contributed by atoms with Gasteiger partial charge in [-0.05, 0) is 54.1 Å². The first-order chi connectivity index (χ1) is 12.0. The van der Waals surface area contributed by atoms with Crippen LogP contribution in [0.3, 0.4) is 0 Å².